The Morgan fingerprint density at radius 3 is 2.52 bits per heavy atom. The number of benzene rings is 2. The van der Waals surface area contributed by atoms with Crippen LogP contribution in [0.1, 0.15) is 24.2 Å². The van der Waals surface area contributed by atoms with E-state index in [0.29, 0.717) is 11.3 Å². The largest absolute Gasteiger partial charge is 0.378 e. The molecule has 0 radical (unpaired) electrons. The van der Waals surface area contributed by atoms with Gasteiger partial charge in [-0.2, -0.15) is 5.10 Å². The van der Waals surface area contributed by atoms with Gasteiger partial charge < -0.3 is 9.67 Å². The summed E-state index contributed by atoms with van der Waals surface area (Å²) in [6.07, 6.45) is 4.05. The number of hydrogen-bond acceptors (Lipinski definition) is 4. The average molecular weight is 334 g/mol. The Bertz CT molecular complexity index is 856. The number of nitrogens with zero attached hydrogens (tertiary/aromatic N) is 3. The van der Waals surface area contributed by atoms with E-state index in [2.05, 4.69) is 15.5 Å². The molecule has 3 rings (SSSR count). The third-order valence-electron chi connectivity index (χ3n) is 3.79. The normalized spacial score (nSPS) is 12.6. The van der Waals surface area contributed by atoms with Crippen molar-refractivity contribution in [1.82, 2.24) is 15.0 Å². The Morgan fingerprint density at radius 2 is 1.88 bits per heavy atom. The van der Waals surface area contributed by atoms with Crippen molar-refractivity contribution in [2.24, 2.45) is 5.10 Å². The molecule has 25 heavy (non-hydrogen) atoms. The molecule has 0 fully saturated rings. The van der Waals surface area contributed by atoms with Crippen molar-refractivity contribution in [3.8, 4) is 5.69 Å². The van der Waals surface area contributed by atoms with E-state index in [4.69, 9.17) is 0 Å². The van der Waals surface area contributed by atoms with E-state index in [9.17, 15) is 9.90 Å². The molecule has 0 bridgehead atoms. The second-order valence-electron chi connectivity index (χ2n) is 5.50. The molecule has 6 nitrogen and oxygen atoms in total. The summed E-state index contributed by atoms with van der Waals surface area (Å²) in [5.41, 5.74) is 5.43. The number of hydrazone groups is 1. The third kappa shape index (κ3) is 3.99. The lowest BCUT2D eigenvalue weighted by Crippen LogP contribution is -2.26. The second-order valence-corrected chi connectivity index (χ2v) is 5.50. The van der Waals surface area contributed by atoms with E-state index in [-0.39, 0.29) is 0 Å². The first-order chi connectivity index (χ1) is 12.1. The molecule has 0 aliphatic rings. The number of carbonyl (C=O) groups is 1. The molecule has 6 heteroatoms. The lowest BCUT2D eigenvalue weighted by atomic mass is 10.1. The summed E-state index contributed by atoms with van der Waals surface area (Å²) >= 11 is 0. The molecule has 1 atom stereocenters. The number of nitrogens with one attached hydrogen (secondary N) is 1. The number of imidazole rings is 1. The van der Waals surface area contributed by atoms with Crippen LogP contribution in [0.3, 0.4) is 0 Å². The van der Waals surface area contributed by atoms with Gasteiger partial charge in [0, 0.05) is 18.1 Å². The van der Waals surface area contributed by atoms with Crippen LogP contribution >= 0.6 is 0 Å². The molecule has 0 saturated heterocycles. The highest BCUT2D eigenvalue weighted by Gasteiger charge is 2.16. The fraction of sp³-hybridized carbons (Fsp3) is 0.105. The van der Waals surface area contributed by atoms with Gasteiger partial charge in [0.15, 0.2) is 6.10 Å². The fourth-order valence-electron chi connectivity index (χ4n) is 2.34. The minimum atomic E-state index is -1.25. The minimum Gasteiger partial charge on any atom is -0.378 e. The molecular formula is C19H18N4O2. The van der Waals surface area contributed by atoms with E-state index in [1.807, 2.05) is 41.1 Å². The molecule has 2 N–H and O–H groups in total. The highest BCUT2D eigenvalue weighted by molar-refractivity contribution is 5.99. The monoisotopic (exact) mass is 334 g/mol. The van der Waals surface area contributed by atoms with Crippen LogP contribution in [0.2, 0.25) is 0 Å². The van der Waals surface area contributed by atoms with Gasteiger partial charge >= 0.3 is 0 Å². The zero-order chi connectivity index (χ0) is 17.6. The van der Waals surface area contributed by atoms with Crippen LogP contribution in [0.5, 0.6) is 0 Å². The number of aliphatic hydroxyl groups excluding tert-OH is 1. The van der Waals surface area contributed by atoms with Gasteiger partial charge in [0.1, 0.15) is 0 Å². The summed E-state index contributed by atoms with van der Waals surface area (Å²) in [5, 5.41) is 14.1. The average Bonchev–Trinajstić information content (AvgIpc) is 3.21. The van der Waals surface area contributed by atoms with Crippen LogP contribution in [0, 0.1) is 0 Å². The first-order valence-corrected chi connectivity index (χ1v) is 7.81. The molecule has 0 spiro atoms. The summed E-state index contributed by atoms with van der Waals surface area (Å²) < 4.78 is 1.90. The van der Waals surface area contributed by atoms with Crippen molar-refractivity contribution in [3.63, 3.8) is 0 Å². The molecule has 0 aliphatic heterocycles. The summed E-state index contributed by atoms with van der Waals surface area (Å²) in [6, 6.07) is 16.4. The molecule has 126 valence electrons. The van der Waals surface area contributed by atoms with Gasteiger partial charge in [-0.3, -0.25) is 4.79 Å². The maximum absolute atomic E-state index is 12.0. The van der Waals surface area contributed by atoms with Crippen molar-refractivity contribution < 1.29 is 9.90 Å². The molecule has 2 aromatic carbocycles. The molecule has 0 aliphatic carbocycles. The SMILES string of the molecule is C/C(=N/NC(=O)[C@H](O)c1ccccc1)c1ccc(-n2ccnc2)cc1. The van der Waals surface area contributed by atoms with Crippen LogP contribution < -0.4 is 5.43 Å². The van der Waals surface area contributed by atoms with Gasteiger partial charge in [-0.05, 0) is 30.2 Å². The van der Waals surface area contributed by atoms with Crippen LogP contribution in [-0.2, 0) is 4.79 Å². The van der Waals surface area contributed by atoms with Gasteiger partial charge in [-0.15, -0.1) is 0 Å². The van der Waals surface area contributed by atoms with Gasteiger partial charge in [0.2, 0.25) is 0 Å². The predicted octanol–water partition coefficient (Wildman–Crippen LogP) is 2.45. The van der Waals surface area contributed by atoms with E-state index >= 15 is 0 Å². The number of rotatable bonds is 5. The van der Waals surface area contributed by atoms with Gasteiger partial charge in [-0.25, -0.2) is 10.4 Å². The molecule has 1 amide bonds. The Hall–Kier alpha value is -3.25. The van der Waals surface area contributed by atoms with Gasteiger partial charge in [0.05, 0.1) is 12.0 Å². The van der Waals surface area contributed by atoms with Crippen LogP contribution in [0.4, 0.5) is 0 Å². The van der Waals surface area contributed by atoms with Crippen molar-refractivity contribution in [1.29, 1.82) is 0 Å². The number of aliphatic hydroxyl groups is 1. The Morgan fingerprint density at radius 1 is 1.16 bits per heavy atom. The molecule has 0 unspecified atom stereocenters. The highest BCUT2D eigenvalue weighted by Crippen LogP contribution is 2.12. The number of carbonyl (C=O) groups excluding carboxylic acids is 1. The highest BCUT2D eigenvalue weighted by atomic mass is 16.3. The zero-order valence-corrected chi connectivity index (χ0v) is 13.7. The first-order valence-electron chi connectivity index (χ1n) is 7.81. The van der Waals surface area contributed by atoms with Gasteiger partial charge in [-0.1, -0.05) is 42.5 Å². The number of amides is 1. The lowest BCUT2D eigenvalue weighted by molar-refractivity contribution is -0.129. The van der Waals surface area contributed by atoms with Crippen LogP contribution in [-0.4, -0.2) is 26.3 Å². The van der Waals surface area contributed by atoms with Crippen LogP contribution in [0.15, 0.2) is 78.4 Å². The molecule has 1 heterocycles. The van der Waals surface area contributed by atoms with E-state index < -0.39 is 12.0 Å². The van der Waals surface area contributed by atoms with E-state index in [0.717, 1.165) is 11.3 Å². The summed E-state index contributed by atoms with van der Waals surface area (Å²) in [5.74, 6) is -0.569. The molecular weight excluding hydrogens is 316 g/mol. The summed E-state index contributed by atoms with van der Waals surface area (Å²) in [7, 11) is 0. The van der Waals surface area contributed by atoms with Crippen molar-refractivity contribution in [2.45, 2.75) is 13.0 Å². The topological polar surface area (TPSA) is 79.5 Å². The summed E-state index contributed by atoms with van der Waals surface area (Å²) in [6.45, 7) is 1.79. The van der Waals surface area contributed by atoms with Crippen molar-refractivity contribution >= 4 is 11.6 Å². The summed E-state index contributed by atoms with van der Waals surface area (Å²) in [4.78, 5) is 16.0. The lowest BCUT2D eigenvalue weighted by Gasteiger charge is -2.10. The van der Waals surface area contributed by atoms with Crippen molar-refractivity contribution in [3.05, 3.63) is 84.4 Å². The molecule has 3 aromatic rings. The van der Waals surface area contributed by atoms with E-state index in [1.54, 1.807) is 43.7 Å². The number of aromatic nitrogens is 2. The van der Waals surface area contributed by atoms with Crippen molar-refractivity contribution in [2.75, 3.05) is 0 Å². The Balaban J connectivity index is 1.66. The predicted molar refractivity (Wildman–Crippen MR) is 95.3 cm³/mol. The van der Waals surface area contributed by atoms with Crippen LogP contribution in [0.25, 0.3) is 5.69 Å². The second kappa shape index (κ2) is 7.55. The maximum Gasteiger partial charge on any atom is 0.273 e. The standard InChI is InChI=1S/C19H18N4O2/c1-14(15-7-9-17(10-8-15)23-12-11-20-13-23)21-22-19(25)18(24)16-5-3-2-4-6-16/h2-13,18,24H,1H3,(H,22,25)/b21-14-/t18-/m1/s1. The van der Waals surface area contributed by atoms with Gasteiger partial charge in [0.25, 0.3) is 5.91 Å². The Kier molecular flexibility index (Phi) is 5.01. The molecule has 0 saturated carbocycles. The maximum atomic E-state index is 12.0. The Labute approximate surface area is 145 Å². The van der Waals surface area contributed by atoms with E-state index in [1.165, 1.54) is 0 Å². The smallest absolute Gasteiger partial charge is 0.273 e. The molecule has 1 aromatic heterocycles. The third-order valence-corrected chi connectivity index (χ3v) is 3.79. The zero-order valence-electron chi connectivity index (χ0n) is 13.7. The first kappa shape index (κ1) is 16.6. The number of hydrogen-bond donors (Lipinski definition) is 2. The fourth-order valence-corrected chi connectivity index (χ4v) is 2.34. The quantitative estimate of drug-likeness (QED) is 0.555. The minimum absolute atomic E-state index is 0.525.